The Bertz CT molecular complexity index is 1390. The molecule has 0 aromatic heterocycles. The van der Waals surface area contributed by atoms with Gasteiger partial charge in [0.05, 0.1) is 0 Å². The van der Waals surface area contributed by atoms with Crippen molar-refractivity contribution in [2.45, 2.75) is 39.3 Å². The maximum Gasteiger partial charge on any atom is 0.238 e. The molecule has 0 bridgehead atoms. The van der Waals surface area contributed by atoms with Crippen molar-refractivity contribution in [2.75, 3.05) is 4.90 Å². The smallest absolute Gasteiger partial charge is 0.238 e. The number of anilines is 1. The van der Waals surface area contributed by atoms with E-state index in [0.29, 0.717) is 23.1 Å². The number of aryl methyl sites for hydroxylation is 1. The fraction of sp³-hybridized carbons (Fsp3) is 0.296. The second-order valence-corrected chi connectivity index (χ2v) is 10.2. The van der Waals surface area contributed by atoms with Crippen molar-refractivity contribution < 1.29 is 14.3 Å². The molecule has 33 heavy (non-hydrogen) atoms. The fourth-order valence-electron chi connectivity index (χ4n) is 6.35. The third-order valence-electron chi connectivity index (χ3n) is 7.48. The summed E-state index contributed by atoms with van der Waals surface area (Å²) in [5.74, 6) is -0.528. The minimum absolute atomic E-state index is 0.0267. The molecule has 2 N–H and O–H groups in total. The van der Waals surface area contributed by atoms with Gasteiger partial charge in [-0.15, -0.1) is 0 Å². The Morgan fingerprint density at radius 2 is 1.76 bits per heavy atom. The van der Waals surface area contributed by atoms with E-state index >= 15 is 0 Å². The van der Waals surface area contributed by atoms with Crippen molar-refractivity contribution in [3.05, 3.63) is 87.9 Å². The summed E-state index contributed by atoms with van der Waals surface area (Å²) < 4.78 is 6.44. The van der Waals surface area contributed by atoms with Gasteiger partial charge in [-0.05, 0) is 30.9 Å². The predicted molar refractivity (Wildman–Crippen MR) is 122 cm³/mol. The number of carbonyl (C=O) groups excluding carboxylic acids is 2. The van der Waals surface area contributed by atoms with Gasteiger partial charge in [0.2, 0.25) is 11.6 Å². The number of carbonyl (C=O) groups is 2. The Kier molecular flexibility index (Phi) is 3.56. The monoisotopic (exact) mass is 437 g/mol. The van der Waals surface area contributed by atoms with E-state index in [1.165, 1.54) is 0 Å². The van der Waals surface area contributed by atoms with E-state index in [2.05, 4.69) is 6.07 Å². The summed E-state index contributed by atoms with van der Waals surface area (Å²) in [6.45, 7) is 6.10. The van der Waals surface area contributed by atoms with Crippen LogP contribution < -0.4 is 10.6 Å². The number of allylic oxidation sites excluding steroid dienone is 1. The molecule has 2 atom stereocenters. The van der Waals surface area contributed by atoms with E-state index in [1.807, 2.05) is 62.1 Å². The molecule has 0 saturated carbocycles. The number of fused-ring (bicyclic) bond motifs is 1. The summed E-state index contributed by atoms with van der Waals surface area (Å²) in [6.07, 6.45) is 0.858. The lowest BCUT2D eigenvalue weighted by Crippen LogP contribution is -2.52. The summed E-state index contributed by atoms with van der Waals surface area (Å²) in [5, 5.41) is 10.2. The second-order valence-electron chi connectivity index (χ2n) is 10.2. The standard InChI is InChI=1S/C27H23N3O3/c1-15-8-10-16(11-9-15)30-20-12-25(2,3)13-21(31)22(20)26-19(14-28)24(29)33-27(26,30)18-7-5-4-6-17(18)23(26)32/h4-11H,12-13,29H2,1-3H3/t26-,27-/m0/s1. The molecule has 2 heterocycles. The maximum atomic E-state index is 14.3. The van der Waals surface area contributed by atoms with Crippen LogP contribution in [-0.4, -0.2) is 11.6 Å². The number of hydrogen-bond donors (Lipinski definition) is 1. The number of Topliss-reactive ketones (excluding diaryl/α,β-unsaturated/α-hetero) is 2. The molecule has 164 valence electrons. The molecule has 6 heteroatoms. The van der Waals surface area contributed by atoms with Crippen LogP contribution in [0.25, 0.3) is 0 Å². The molecule has 6 nitrogen and oxygen atoms in total. The van der Waals surface area contributed by atoms with Crippen LogP contribution in [0, 0.1) is 29.1 Å². The highest BCUT2D eigenvalue weighted by molar-refractivity contribution is 6.20. The number of hydrogen-bond acceptors (Lipinski definition) is 6. The molecule has 0 fully saturated rings. The van der Waals surface area contributed by atoms with Gasteiger partial charge >= 0.3 is 0 Å². The molecule has 0 saturated heterocycles. The first-order valence-corrected chi connectivity index (χ1v) is 11.1. The van der Waals surface area contributed by atoms with Gasteiger partial charge in [0.1, 0.15) is 11.6 Å². The van der Waals surface area contributed by atoms with Crippen LogP contribution in [0.4, 0.5) is 5.69 Å². The summed E-state index contributed by atoms with van der Waals surface area (Å²) in [6, 6.07) is 17.3. The minimum atomic E-state index is -1.61. The first-order valence-electron chi connectivity index (χ1n) is 11.1. The minimum Gasteiger partial charge on any atom is -0.446 e. The lowest BCUT2D eigenvalue weighted by atomic mass is 9.64. The normalized spacial score (nSPS) is 28.8. The SMILES string of the molecule is Cc1ccc(N2C3=C(C(=O)CC(C)(C)C3)[C@@]34C(=O)c5ccccc5[C@@]23OC(N)=C4C#N)cc1. The van der Waals surface area contributed by atoms with Gasteiger partial charge in [-0.25, -0.2) is 0 Å². The average molecular weight is 437 g/mol. The number of benzene rings is 2. The zero-order valence-corrected chi connectivity index (χ0v) is 18.7. The van der Waals surface area contributed by atoms with Crippen molar-refractivity contribution >= 4 is 17.3 Å². The van der Waals surface area contributed by atoms with E-state index in [-0.39, 0.29) is 34.9 Å². The Hall–Kier alpha value is -3.85. The van der Waals surface area contributed by atoms with Gasteiger partial charge in [-0.2, -0.15) is 5.26 Å². The second kappa shape index (κ2) is 5.93. The maximum absolute atomic E-state index is 14.3. The first-order chi connectivity index (χ1) is 15.7. The summed E-state index contributed by atoms with van der Waals surface area (Å²) in [7, 11) is 0. The quantitative estimate of drug-likeness (QED) is 0.718. The number of ketones is 2. The number of nitrogens with two attached hydrogens (primary N) is 1. The molecule has 2 aliphatic carbocycles. The van der Waals surface area contributed by atoms with Crippen LogP contribution in [0.1, 0.15) is 48.2 Å². The highest BCUT2D eigenvalue weighted by Gasteiger charge is 2.81. The van der Waals surface area contributed by atoms with Crippen LogP contribution in [-0.2, 0) is 15.3 Å². The molecule has 0 radical (unpaired) electrons. The zero-order valence-electron chi connectivity index (χ0n) is 18.7. The number of rotatable bonds is 1. The van der Waals surface area contributed by atoms with Gasteiger partial charge in [0.15, 0.2) is 17.0 Å². The average Bonchev–Trinajstić information content (AvgIpc) is 3.24. The van der Waals surface area contributed by atoms with E-state index in [9.17, 15) is 14.9 Å². The summed E-state index contributed by atoms with van der Waals surface area (Å²) >= 11 is 0. The fourth-order valence-corrected chi connectivity index (χ4v) is 6.35. The Morgan fingerprint density at radius 3 is 2.45 bits per heavy atom. The van der Waals surface area contributed by atoms with E-state index in [0.717, 1.165) is 16.9 Å². The molecule has 0 amide bonds. The lowest BCUT2D eigenvalue weighted by Gasteiger charge is -2.42. The van der Waals surface area contributed by atoms with Crippen molar-refractivity contribution in [1.29, 1.82) is 5.26 Å². The highest BCUT2D eigenvalue weighted by atomic mass is 16.5. The van der Waals surface area contributed by atoms with Crippen molar-refractivity contribution in [1.82, 2.24) is 0 Å². The number of ether oxygens (including phenoxy) is 1. The van der Waals surface area contributed by atoms with Crippen LogP contribution >= 0.6 is 0 Å². The lowest BCUT2D eigenvalue weighted by molar-refractivity contribution is -0.119. The Balaban J connectivity index is 1.79. The molecule has 6 rings (SSSR count). The van der Waals surface area contributed by atoms with Crippen LogP contribution in [0.2, 0.25) is 0 Å². The first kappa shape index (κ1) is 19.8. The zero-order chi connectivity index (χ0) is 23.3. The molecular formula is C27H23N3O3. The molecule has 2 aromatic carbocycles. The van der Waals surface area contributed by atoms with Crippen LogP contribution in [0.3, 0.4) is 0 Å². The predicted octanol–water partition coefficient (Wildman–Crippen LogP) is 4.22. The van der Waals surface area contributed by atoms with Gasteiger partial charge in [0.25, 0.3) is 0 Å². The molecule has 2 aromatic rings. The van der Waals surface area contributed by atoms with Crippen molar-refractivity contribution in [2.24, 2.45) is 16.6 Å². The van der Waals surface area contributed by atoms with Crippen LogP contribution in [0.15, 0.2) is 71.3 Å². The Labute approximate surface area is 191 Å². The van der Waals surface area contributed by atoms with E-state index in [1.54, 1.807) is 12.1 Å². The molecular weight excluding hydrogens is 414 g/mol. The topological polar surface area (TPSA) is 96.4 Å². The van der Waals surface area contributed by atoms with Crippen molar-refractivity contribution in [3.8, 4) is 6.07 Å². The van der Waals surface area contributed by atoms with Gasteiger partial charge in [-0.1, -0.05) is 55.8 Å². The summed E-state index contributed by atoms with van der Waals surface area (Å²) in [4.78, 5) is 30.0. The molecule has 0 spiro atoms. The number of nitrogens with zero attached hydrogens (tertiary/aromatic N) is 2. The largest absolute Gasteiger partial charge is 0.446 e. The number of nitriles is 1. The third kappa shape index (κ3) is 2.04. The molecule has 4 aliphatic rings. The van der Waals surface area contributed by atoms with E-state index in [4.69, 9.17) is 10.5 Å². The van der Waals surface area contributed by atoms with Crippen molar-refractivity contribution in [3.63, 3.8) is 0 Å². The van der Waals surface area contributed by atoms with Gasteiger partial charge in [0, 0.05) is 34.5 Å². The summed E-state index contributed by atoms with van der Waals surface area (Å²) in [5.41, 5.74) is 7.02. The Morgan fingerprint density at radius 1 is 1.06 bits per heavy atom. The van der Waals surface area contributed by atoms with Gasteiger partial charge in [-0.3, -0.25) is 9.59 Å². The van der Waals surface area contributed by atoms with Gasteiger partial charge < -0.3 is 15.4 Å². The molecule has 2 aliphatic heterocycles. The van der Waals surface area contributed by atoms with Crippen LogP contribution in [0.5, 0.6) is 0 Å². The highest BCUT2D eigenvalue weighted by Crippen LogP contribution is 2.72. The third-order valence-corrected chi connectivity index (χ3v) is 7.48. The van der Waals surface area contributed by atoms with E-state index < -0.39 is 11.1 Å². The molecule has 0 unspecified atom stereocenters.